The van der Waals surface area contributed by atoms with Crippen molar-refractivity contribution in [3.63, 3.8) is 0 Å². The van der Waals surface area contributed by atoms with Gasteiger partial charge in [0.2, 0.25) is 5.91 Å². The molecule has 0 radical (unpaired) electrons. The second-order valence-electron chi connectivity index (χ2n) is 3.78. The first-order valence-corrected chi connectivity index (χ1v) is 4.68. The first kappa shape index (κ1) is 8.05. The molecule has 0 bridgehead atoms. The SMILES string of the molecule is CC1CCCN(C[C@H]2CO2)C1=O. The quantitative estimate of drug-likeness (QED) is 0.568. The van der Waals surface area contributed by atoms with Gasteiger partial charge >= 0.3 is 0 Å². The topological polar surface area (TPSA) is 32.8 Å². The summed E-state index contributed by atoms with van der Waals surface area (Å²) in [7, 11) is 0. The molecule has 0 spiro atoms. The molecule has 2 fully saturated rings. The average Bonchev–Trinajstić information content (AvgIpc) is 2.83. The number of hydrogen-bond donors (Lipinski definition) is 0. The second kappa shape index (κ2) is 3.05. The summed E-state index contributed by atoms with van der Waals surface area (Å²) in [5.74, 6) is 0.550. The van der Waals surface area contributed by atoms with Crippen molar-refractivity contribution >= 4 is 5.91 Å². The molecule has 0 aromatic rings. The monoisotopic (exact) mass is 169 g/mol. The summed E-state index contributed by atoms with van der Waals surface area (Å²) < 4.78 is 5.10. The summed E-state index contributed by atoms with van der Waals surface area (Å²) in [4.78, 5) is 13.5. The van der Waals surface area contributed by atoms with E-state index >= 15 is 0 Å². The molecule has 68 valence electrons. The van der Waals surface area contributed by atoms with Gasteiger partial charge in [0.15, 0.2) is 0 Å². The fourth-order valence-corrected chi connectivity index (χ4v) is 1.73. The van der Waals surface area contributed by atoms with Gasteiger partial charge in [0.25, 0.3) is 0 Å². The molecule has 0 aromatic heterocycles. The molecule has 3 nitrogen and oxygen atoms in total. The van der Waals surface area contributed by atoms with Crippen molar-refractivity contribution in [3.8, 4) is 0 Å². The molecule has 12 heavy (non-hydrogen) atoms. The van der Waals surface area contributed by atoms with Crippen LogP contribution in [-0.2, 0) is 9.53 Å². The Bertz CT molecular complexity index is 189. The number of piperidine rings is 1. The van der Waals surface area contributed by atoms with Crippen LogP contribution in [0.25, 0.3) is 0 Å². The van der Waals surface area contributed by atoms with Crippen LogP contribution in [0.3, 0.4) is 0 Å². The highest BCUT2D eigenvalue weighted by molar-refractivity contribution is 5.79. The van der Waals surface area contributed by atoms with Gasteiger partial charge in [-0.05, 0) is 12.8 Å². The molecule has 0 aromatic carbocycles. The van der Waals surface area contributed by atoms with Crippen molar-refractivity contribution in [2.45, 2.75) is 25.9 Å². The molecule has 2 rings (SSSR count). The Morgan fingerprint density at radius 2 is 2.42 bits per heavy atom. The summed E-state index contributed by atoms with van der Waals surface area (Å²) in [6.45, 7) is 4.62. The van der Waals surface area contributed by atoms with E-state index in [1.165, 1.54) is 0 Å². The number of carbonyl (C=O) groups is 1. The number of hydrogen-bond acceptors (Lipinski definition) is 2. The van der Waals surface area contributed by atoms with Gasteiger partial charge in [-0.25, -0.2) is 0 Å². The summed E-state index contributed by atoms with van der Waals surface area (Å²) >= 11 is 0. The van der Waals surface area contributed by atoms with Crippen LogP contribution in [0, 0.1) is 5.92 Å². The Balaban J connectivity index is 1.89. The molecule has 1 amide bonds. The van der Waals surface area contributed by atoms with Crippen molar-refractivity contribution < 1.29 is 9.53 Å². The number of ether oxygens (including phenoxy) is 1. The molecule has 0 aliphatic carbocycles. The van der Waals surface area contributed by atoms with Crippen LogP contribution < -0.4 is 0 Å². The number of likely N-dealkylation sites (tertiary alicyclic amines) is 1. The summed E-state index contributed by atoms with van der Waals surface area (Å²) in [5.41, 5.74) is 0. The van der Waals surface area contributed by atoms with E-state index in [1.54, 1.807) is 0 Å². The third-order valence-corrected chi connectivity index (χ3v) is 2.62. The highest BCUT2D eigenvalue weighted by Crippen LogP contribution is 2.20. The lowest BCUT2D eigenvalue weighted by Crippen LogP contribution is -2.42. The minimum atomic E-state index is 0.234. The number of amides is 1. The van der Waals surface area contributed by atoms with E-state index in [2.05, 4.69) is 0 Å². The summed E-state index contributed by atoms with van der Waals surface area (Å²) in [6, 6.07) is 0. The van der Waals surface area contributed by atoms with Crippen LogP contribution in [0.4, 0.5) is 0 Å². The van der Waals surface area contributed by atoms with E-state index in [0.29, 0.717) is 12.0 Å². The van der Waals surface area contributed by atoms with Crippen molar-refractivity contribution in [1.82, 2.24) is 4.90 Å². The van der Waals surface area contributed by atoms with Crippen molar-refractivity contribution in [2.24, 2.45) is 5.92 Å². The van der Waals surface area contributed by atoms with Gasteiger partial charge < -0.3 is 9.64 Å². The molecule has 0 N–H and O–H groups in total. The number of epoxide rings is 1. The van der Waals surface area contributed by atoms with E-state index in [1.807, 2.05) is 11.8 Å². The smallest absolute Gasteiger partial charge is 0.225 e. The largest absolute Gasteiger partial charge is 0.371 e. The van der Waals surface area contributed by atoms with Gasteiger partial charge in [0.05, 0.1) is 12.7 Å². The van der Waals surface area contributed by atoms with Crippen molar-refractivity contribution in [3.05, 3.63) is 0 Å². The fraction of sp³-hybridized carbons (Fsp3) is 0.889. The lowest BCUT2D eigenvalue weighted by molar-refractivity contribution is -0.137. The van der Waals surface area contributed by atoms with Crippen LogP contribution in [0.1, 0.15) is 19.8 Å². The van der Waals surface area contributed by atoms with E-state index in [0.717, 1.165) is 32.5 Å². The Hall–Kier alpha value is -0.570. The molecule has 0 saturated carbocycles. The van der Waals surface area contributed by atoms with Crippen LogP contribution in [0.15, 0.2) is 0 Å². The molecule has 2 aliphatic heterocycles. The highest BCUT2D eigenvalue weighted by Gasteiger charge is 2.31. The fourth-order valence-electron chi connectivity index (χ4n) is 1.73. The predicted molar refractivity (Wildman–Crippen MR) is 44.7 cm³/mol. The maximum absolute atomic E-state index is 11.6. The molecule has 3 heteroatoms. The molecule has 2 atom stereocenters. The number of rotatable bonds is 2. The summed E-state index contributed by atoms with van der Waals surface area (Å²) in [5, 5.41) is 0. The molecule has 2 aliphatic rings. The lowest BCUT2D eigenvalue weighted by Gasteiger charge is -2.30. The average molecular weight is 169 g/mol. The van der Waals surface area contributed by atoms with Gasteiger partial charge in [0, 0.05) is 19.0 Å². The zero-order chi connectivity index (χ0) is 8.55. The Kier molecular flexibility index (Phi) is 2.05. The van der Waals surface area contributed by atoms with Gasteiger partial charge in [-0.3, -0.25) is 4.79 Å². The Labute approximate surface area is 72.7 Å². The maximum Gasteiger partial charge on any atom is 0.225 e. The predicted octanol–water partition coefficient (Wildman–Crippen LogP) is 0.644. The molecule has 2 saturated heterocycles. The number of carbonyl (C=O) groups excluding carboxylic acids is 1. The van der Waals surface area contributed by atoms with E-state index < -0.39 is 0 Å². The van der Waals surface area contributed by atoms with Crippen molar-refractivity contribution in [1.29, 1.82) is 0 Å². The minimum absolute atomic E-state index is 0.234. The van der Waals surface area contributed by atoms with Gasteiger partial charge in [0.1, 0.15) is 0 Å². The Morgan fingerprint density at radius 1 is 1.67 bits per heavy atom. The first-order chi connectivity index (χ1) is 5.77. The summed E-state index contributed by atoms with van der Waals surface area (Å²) in [6.07, 6.45) is 2.56. The molecular weight excluding hydrogens is 154 g/mol. The third-order valence-electron chi connectivity index (χ3n) is 2.62. The zero-order valence-corrected chi connectivity index (χ0v) is 7.45. The van der Waals surface area contributed by atoms with Crippen LogP contribution >= 0.6 is 0 Å². The van der Waals surface area contributed by atoms with E-state index in [-0.39, 0.29) is 5.92 Å². The minimum Gasteiger partial charge on any atom is -0.371 e. The highest BCUT2D eigenvalue weighted by atomic mass is 16.6. The van der Waals surface area contributed by atoms with Crippen LogP contribution in [-0.4, -0.2) is 36.6 Å². The number of nitrogens with zero attached hydrogens (tertiary/aromatic N) is 1. The van der Waals surface area contributed by atoms with Crippen LogP contribution in [0.2, 0.25) is 0 Å². The van der Waals surface area contributed by atoms with Gasteiger partial charge in [-0.1, -0.05) is 6.92 Å². The Morgan fingerprint density at radius 3 is 3.08 bits per heavy atom. The van der Waals surface area contributed by atoms with Crippen molar-refractivity contribution in [2.75, 3.05) is 19.7 Å². The van der Waals surface area contributed by atoms with Gasteiger partial charge in [-0.2, -0.15) is 0 Å². The standard InChI is InChI=1S/C9H15NO2/c1-7-3-2-4-10(9(7)11)5-8-6-12-8/h7-8H,2-6H2,1H3/t7?,8-/m0/s1. The normalized spacial score (nSPS) is 35.4. The molecular formula is C9H15NO2. The van der Waals surface area contributed by atoms with E-state index in [9.17, 15) is 4.79 Å². The lowest BCUT2D eigenvalue weighted by atomic mass is 9.99. The molecule has 1 unspecified atom stereocenters. The first-order valence-electron chi connectivity index (χ1n) is 4.68. The third kappa shape index (κ3) is 1.61. The van der Waals surface area contributed by atoms with Gasteiger partial charge in [-0.15, -0.1) is 0 Å². The van der Waals surface area contributed by atoms with E-state index in [4.69, 9.17) is 4.74 Å². The van der Waals surface area contributed by atoms with Crippen LogP contribution in [0.5, 0.6) is 0 Å². The zero-order valence-electron chi connectivity index (χ0n) is 7.45. The maximum atomic E-state index is 11.6. The molecule has 2 heterocycles. The second-order valence-corrected chi connectivity index (χ2v) is 3.78.